The third kappa shape index (κ3) is 24.2. The number of carbonyl (C=O) groups excluding carboxylic acids is 11. The number of aliphatic carboxylic acids is 3. The van der Waals surface area contributed by atoms with Crippen molar-refractivity contribution in [2.45, 2.75) is 223 Å². The first-order chi connectivity index (χ1) is 45.6. The maximum absolute atomic E-state index is 15.4. The normalized spacial score (nSPS) is 18.2. The van der Waals surface area contributed by atoms with Gasteiger partial charge in [-0.3, -0.25) is 67.1 Å². The van der Waals surface area contributed by atoms with Gasteiger partial charge in [-0.2, -0.15) is 12.6 Å². The van der Waals surface area contributed by atoms with Gasteiger partial charge in [-0.05, 0) is 66.9 Å². The summed E-state index contributed by atoms with van der Waals surface area (Å²) >= 11 is 4.48. The third-order valence-corrected chi connectivity index (χ3v) is 18.5. The molecule has 5 rings (SSSR count). The fourth-order valence-corrected chi connectivity index (χ4v) is 13.0. The van der Waals surface area contributed by atoms with Crippen LogP contribution in [0.25, 0.3) is 0 Å². The van der Waals surface area contributed by atoms with E-state index in [0.29, 0.717) is 17.5 Å². The molecule has 1 aliphatic heterocycles. The Labute approximate surface area is 564 Å². The summed E-state index contributed by atoms with van der Waals surface area (Å²) < 4.78 is 0. The van der Waals surface area contributed by atoms with Crippen LogP contribution >= 0.6 is 12.6 Å². The molecular weight excluding hydrogens is 1260 g/mol. The lowest BCUT2D eigenvalue weighted by Crippen LogP contribution is -2.62. The first kappa shape index (κ1) is 78.1. The van der Waals surface area contributed by atoms with Gasteiger partial charge in [-0.1, -0.05) is 159 Å². The van der Waals surface area contributed by atoms with Gasteiger partial charge < -0.3 is 73.8 Å². The van der Waals surface area contributed by atoms with Crippen molar-refractivity contribution in [1.82, 2.24) is 52.8 Å². The molecule has 2 aromatic rings. The molecular formula is C67H97N11O17S. The van der Waals surface area contributed by atoms with Crippen LogP contribution in [0.15, 0.2) is 60.7 Å². The van der Waals surface area contributed by atoms with Crippen molar-refractivity contribution in [2.75, 3.05) is 12.3 Å². The number of nitrogens with two attached hydrogens (primary N) is 1. The number of hydrogen-bond acceptors (Lipinski definition) is 15. The van der Waals surface area contributed by atoms with E-state index >= 15 is 9.59 Å². The molecule has 3 aliphatic rings. The number of thiol groups is 1. The SMILES string of the molecule is CC[C@@H](C)[C@H](NC(=O)[C@@H](NC(=O)[C@H](CCC(=O)O)NC(=O)[C@H](CC(=O)O)NC(C)=O)C(c1ccccc1)c1ccccc1)C(=O)N[C@@H](CC1CCCCC1)C(=O)N[C@@H](CS)C(=O)N1CCC[C@@H]1C(=O)NC(CC1CCCCC1)C(=O)N[C@@H](CC(=O)O)C(=O)N[C@H](C(N)=O)C(C)C. The summed E-state index contributed by atoms with van der Waals surface area (Å²) in [5.74, 6) is -16.4. The van der Waals surface area contributed by atoms with Crippen LogP contribution in [0, 0.1) is 23.7 Å². The number of nitrogens with zero attached hydrogens (tertiary/aromatic N) is 1. The highest BCUT2D eigenvalue weighted by molar-refractivity contribution is 7.80. The Morgan fingerprint density at radius 3 is 1.40 bits per heavy atom. The van der Waals surface area contributed by atoms with Gasteiger partial charge in [0.2, 0.25) is 65.0 Å². The minimum Gasteiger partial charge on any atom is -0.481 e. The first-order valence-electron chi connectivity index (χ1n) is 33.3. The molecule has 0 bridgehead atoms. The Balaban J connectivity index is 1.44. The van der Waals surface area contributed by atoms with Crippen molar-refractivity contribution in [3.8, 4) is 0 Å². The summed E-state index contributed by atoms with van der Waals surface area (Å²) in [6.07, 6.45) is 6.29. The monoisotopic (exact) mass is 1360 g/mol. The summed E-state index contributed by atoms with van der Waals surface area (Å²) in [6.45, 7) is 7.80. The van der Waals surface area contributed by atoms with Gasteiger partial charge in [0.15, 0.2) is 0 Å². The van der Waals surface area contributed by atoms with Crippen molar-refractivity contribution < 1.29 is 82.4 Å². The van der Waals surface area contributed by atoms with Crippen molar-refractivity contribution in [2.24, 2.45) is 29.4 Å². The van der Waals surface area contributed by atoms with Crippen molar-refractivity contribution in [3.05, 3.63) is 71.8 Å². The zero-order valence-corrected chi connectivity index (χ0v) is 56.2. The second-order valence-corrected chi connectivity index (χ2v) is 26.2. The van der Waals surface area contributed by atoms with E-state index in [1.165, 1.54) is 4.90 Å². The molecule has 0 spiro atoms. The molecule has 96 heavy (non-hydrogen) atoms. The van der Waals surface area contributed by atoms with E-state index in [2.05, 4.69) is 60.5 Å². The van der Waals surface area contributed by atoms with Crippen LogP contribution in [0.1, 0.15) is 174 Å². The highest BCUT2D eigenvalue weighted by Gasteiger charge is 2.43. The van der Waals surface area contributed by atoms with Crippen molar-refractivity contribution in [1.29, 1.82) is 0 Å². The molecule has 528 valence electrons. The first-order valence-corrected chi connectivity index (χ1v) is 33.9. The number of rotatable bonds is 37. The van der Waals surface area contributed by atoms with E-state index in [-0.39, 0.29) is 49.8 Å². The van der Waals surface area contributed by atoms with Gasteiger partial charge in [0, 0.05) is 31.6 Å². The van der Waals surface area contributed by atoms with E-state index < -0.39 is 187 Å². The maximum Gasteiger partial charge on any atom is 0.305 e. The Hall–Kier alpha value is -8.63. The number of benzene rings is 2. The predicted octanol–water partition coefficient (Wildman–Crippen LogP) is 2.06. The molecule has 29 heteroatoms. The summed E-state index contributed by atoms with van der Waals surface area (Å²) in [5, 5.41) is 52.6. The molecule has 28 nitrogen and oxygen atoms in total. The third-order valence-electron chi connectivity index (χ3n) is 18.1. The van der Waals surface area contributed by atoms with Gasteiger partial charge in [-0.15, -0.1) is 0 Å². The zero-order chi connectivity index (χ0) is 70.8. The zero-order valence-electron chi connectivity index (χ0n) is 55.3. The van der Waals surface area contributed by atoms with E-state index in [4.69, 9.17) is 5.73 Å². The molecule has 2 aliphatic carbocycles. The van der Waals surface area contributed by atoms with E-state index in [0.717, 1.165) is 71.1 Å². The molecule has 14 N–H and O–H groups in total. The average Bonchev–Trinajstić information content (AvgIpc) is 0.846. The second kappa shape index (κ2) is 38.8. The quantitative estimate of drug-likeness (QED) is 0.0431. The van der Waals surface area contributed by atoms with E-state index in [1.54, 1.807) is 88.4 Å². The smallest absolute Gasteiger partial charge is 0.305 e. The van der Waals surface area contributed by atoms with E-state index in [9.17, 15) is 72.9 Å². The molecule has 1 heterocycles. The fourth-order valence-electron chi connectivity index (χ4n) is 12.8. The summed E-state index contributed by atoms with van der Waals surface area (Å²) in [6, 6.07) is 2.63. The summed E-state index contributed by atoms with van der Waals surface area (Å²) in [5.41, 5.74) is 6.51. The number of hydrogen-bond donors (Lipinski definition) is 14. The summed E-state index contributed by atoms with van der Waals surface area (Å²) in [4.78, 5) is 192. The molecule has 0 radical (unpaired) electrons. The number of primary amides is 1. The predicted molar refractivity (Wildman–Crippen MR) is 354 cm³/mol. The van der Waals surface area contributed by atoms with Gasteiger partial charge in [0.05, 0.1) is 12.8 Å². The fraction of sp³-hybridized carbons (Fsp3) is 0.612. The van der Waals surface area contributed by atoms with Crippen LogP contribution in [-0.4, -0.2) is 176 Å². The maximum atomic E-state index is 15.4. The molecule has 2 saturated carbocycles. The Bertz CT molecular complexity index is 2980. The topological polar surface area (TPSA) is 437 Å². The number of carboxylic acids is 3. The highest BCUT2D eigenvalue weighted by atomic mass is 32.1. The molecule has 11 atom stereocenters. The standard InChI is InChI=1S/C67H97N11O17S/c1-6-38(4)56(76-66(94)57(54(42-24-15-9-16-25-42)43-26-17-10-18-27-43)77-59(87)44(29-30-51(80)81)70-62(90)47(34-52(82)83)69-39(5)79)65(93)73-46(33-41-22-13-8-14-23-41)61(89)74-49(36-96)67(95)78-31-19-28-50(78)64(92)72-45(32-40-20-11-7-12-21-40)60(88)71-48(35-53(84)85)63(91)75-55(37(2)3)58(68)86/h9-10,15-18,24-27,37-38,40-41,44-50,54-57,96H,6-8,11-14,19-23,28-36H2,1-5H3,(H2,68,86)(H,69,79)(H,70,90)(H,71,88)(H,72,92)(H,73,93)(H,74,89)(H,75,91)(H,76,94)(H,77,87)(H,80,81)(H,82,83)(H,84,85)/t38-,44+,45?,46+,47+,48+,49+,50-,55+,56+,57+/m1/s1. The average molecular weight is 1360 g/mol. The highest BCUT2D eigenvalue weighted by Crippen LogP contribution is 2.32. The van der Waals surface area contributed by atoms with Gasteiger partial charge in [0.25, 0.3) is 0 Å². The van der Waals surface area contributed by atoms with Crippen molar-refractivity contribution in [3.63, 3.8) is 0 Å². The van der Waals surface area contributed by atoms with Gasteiger partial charge in [-0.25, -0.2) is 0 Å². The second-order valence-electron chi connectivity index (χ2n) is 25.8. The Morgan fingerprint density at radius 2 is 0.927 bits per heavy atom. The molecule has 1 unspecified atom stereocenters. The number of amides is 11. The van der Waals surface area contributed by atoms with Crippen molar-refractivity contribution >= 4 is 95.5 Å². The van der Waals surface area contributed by atoms with Crippen LogP contribution in [0.2, 0.25) is 0 Å². The van der Waals surface area contributed by atoms with Crippen LogP contribution in [0.4, 0.5) is 0 Å². The van der Waals surface area contributed by atoms with Crippen LogP contribution in [0.5, 0.6) is 0 Å². The minimum absolute atomic E-state index is 0.0339. The Morgan fingerprint density at radius 1 is 0.500 bits per heavy atom. The molecule has 1 saturated heterocycles. The number of nitrogens with one attached hydrogen (secondary N) is 9. The molecule has 0 aromatic heterocycles. The van der Waals surface area contributed by atoms with Gasteiger partial charge >= 0.3 is 17.9 Å². The number of carboxylic acid groups (broad SMARTS) is 3. The number of carbonyl (C=O) groups is 14. The molecule has 11 amide bonds. The van der Waals surface area contributed by atoms with E-state index in [1.807, 2.05) is 0 Å². The minimum atomic E-state index is -1.72. The lowest BCUT2D eigenvalue weighted by Gasteiger charge is -2.34. The number of likely N-dealkylation sites (tertiary alicyclic amines) is 1. The molecule has 3 fully saturated rings. The van der Waals surface area contributed by atoms with Crippen LogP contribution in [0.3, 0.4) is 0 Å². The lowest BCUT2D eigenvalue weighted by molar-refractivity contribution is -0.143. The largest absolute Gasteiger partial charge is 0.481 e. The lowest BCUT2D eigenvalue weighted by atomic mass is 9.83. The van der Waals surface area contributed by atoms with Crippen LogP contribution in [-0.2, 0) is 67.1 Å². The summed E-state index contributed by atoms with van der Waals surface area (Å²) in [7, 11) is 0. The van der Waals surface area contributed by atoms with Crippen LogP contribution < -0.4 is 53.6 Å². The molecule has 2 aromatic carbocycles. The van der Waals surface area contributed by atoms with Gasteiger partial charge in [0.1, 0.15) is 60.4 Å². The Kier molecular flexibility index (Phi) is 31.6.